The van der Waals surface area contributed by atoms with Crippen molar-refractivity contribution >= 4 is 34.9 Å². The number of aromatic carboxylic acids is 1. The Morgan fingerprint density at radius 1 is 0.691 bits per heavy atom. The molecule has 4 aromatic heterocycles. The summed E-state index contributed by atoms with van der Waals surface area (Å²) in [4.78, 5) is 31.0. The number of pyridine rings is 2. The molecule has 0 aliphatic carbocycles. The van der Waals surface area contributed by atoms with Crippen LogP contribution in [0.25, 0.3) is 11.4 Å². The number of ether oxygens (including phenoxy) is 5. The Balaban J connectivity index is 0.000000169. The number of methoxy groups -OCH3 is 1. The van der Waals surface area contributed by atoms with Crippen molar-refractivity contribution in [1.29, 1.82) is 0 Å². The van der Waals surface area contributed by atoms with Crippen molar-refractivity contribution in [3.63, 3.8) is 0 Å². The lowest BCUT2D eigenvalue weighted by Gasteiger charge is -2.10. The number of carbonyl (C=O) groups is 2. The van der Waals surface area contributed by atoms with Crippen LogP contribution in [0.15, 0.2) is 73.3 Å². The van der Waals surface area contributed by atoms with Crippen LogP contribution in [-0.4, -0.2) is 76.7 Å². The molecule has 2 aliphatic heterocycles. The topological polar surface area (TPSA) is 212 Å². The fourth-order valence-corrected chi connectivity index (χ4v) is 5.07. The van der Waals surface area contributed by atoms with Gasteiger partial charge in [-0.15, -0.1) is 27.8 Å². The second-order valence-electron chi connectivity index (χ2n) is 11.5. The number of carboxylic acids is 1. The molecule has 0 spiro atoms. The third kappa shape index (κ3) is 7.81. The number of hydrogen-bond acceptors (Lipinski definition) is 15. The van der Waals surface area contributed by atoms with Gasteiger partial charge in [0, 0.05) is 48.0 Å². The lowest BCUT2D eigenvalue weighted by molar-refractivity contribution is -0.287. The fourth-order valence-electron chi connectivity index (χ4n) is 5.07. The second kappa shape index (κ2) is 13.8. The number of nitrogens with one attached hydrogen (secondary N) is 2. The molecule has 0 bridgehead atoms. The highest BCUT2D eigenvalue weighted by Gasteiger charge is 2.44. The minimum Gasteiger partial charge on any atom is -0.476 e. The number of alkyl halides is 4. The monoisotopic (exact) mass is 764 g/mol. The van der Waals surface area contributed by atoms with E-state index in [0.29, 0.717) is 34.4 Å². The first-order chi connectivity index (χ1) is 26.1. The van der Waals surface area contributed by atoms with Crippen LogP contribution in [0.1, 0.15) is 32.1 Å². The third-order valence-electron chi connectivity index (χ3n) is 7.59. The molecule has 0 atom stereocenters. The molecule has 55 heavy (non-hydrogen) atoms. The van der Waals surface area contributed by atoms with Crippen molar-refractivity contribution < 1.29 is 55.9 Å². The van der Waals surface area contributed by atoms with E-state index in [1.54, 1.807) is 37.5 Å². The number of anilines is 4. The Hall–Kier alpha value is -7.52. The van der Waals surface area contributed by atoms with Crippen LogP contribution in [0.3, 0.4) is 0 Å². The molecule has 6 heterocycles. The molecule has 0 saturated carbocycles. The molecule has 0 amide bonds. The number of halogens is 4. The van der Waals surface area contributed by atoms with Gasteiger partial charge in [-0.2, -0.15) is 0 Å². The maximum atomic E-state index is 13.1. The van der Waals surface area contributed by atoms with Gasteiger partial charge in [0.15, 0.2) is 34.4 Å². The molecular formula is C33H24F4N10O8. The zero-order chi connectivity index (χ0) is 39.1. The van der Waals surface area contributed by atoms with Gasteiger partial charge in [0.05, 0.1) is 30.9 Å². The number of benzene rings is 2. The van der Waals surface area contributed by atoms with E-state index < -0.39 is 24.5 Å². The van der Waals surface area contributed by atoms with Gasteiger partial charge in [-0.1, -0.05) is 10.4 Å². The van der Waals surface area contributed by atoms with Crippen LogP contribution in [0.4, 0.5) is 40.6 Å². The third-order valence-corrected chi connectivity index (χ3v) is 7.59. The summed E-state index contributed by atoms with van der Waals surface area (Å²) in [6.45, 7) is 3.59. The highest BCUT2D eigenvalue weighted by molar-refractivity contribution is 5.86. The van der Waals surface area contributed by atoms with Crippen LogP contribution >= 0.6 is 0 Å². The molecule has 3 N–H and O–H groups in total. The smallest absolute Gasteiger partial charge is 0.476 e. The first-order valence-electron chi connectivity index (χ1n) is 15.6. The zero-order valence-electron chi connectivity index (χ0n) is 28.3. The number of carbonyl (C=O) groups excluding carboxylic acids is 1. The highest BCUT2D eigenvalue weighted by Crippen LogP contribution is 2.43. The second-order valence-corrected chi connectivity index (χ2v) is 11.5. The molecule has 22 heteroatoms. The van der Waals surface area contributed by atoms with Crippen LogP contribution in [0, 0.1) is 13.8 Å². The molecule has 0 fully saturated rings. The Morgan fingerprint density at radius 3 is 1.56 bits per heavy atom. The van der Waals surface area contributed by atoms with Crippen LogP contribution in [-0.2, 0) is 4.74 Å². The van der Waals surface area contributed by atoms with E-state index in [2.05, 4.69) is 64.9 Å². The Bertz CT molecular complexity index is 2460. The Kier molecular flexibility index (Phi) is 9.00. The number of fused-ring (bicyclic) bond motifs is 2. The summed E-state index contributed by atoms with van der Waals surface area (Å²) in [6.07, 6.45) is -1.51. The Morgan fingerprint density at radius 2 is 1.13 bits per heavy atom. The normalized spacial score (nSPS) is 14.1. The quantitative estimate of drug-likeness (QED) is 0.128. The molecule has 282 valence electrons. The Labute approximate surface area is 305 Å². The van der Waals surface area contributed by atoms with E-state index in [4.69, 9.17) is 5.11 Å². The summed E-state index contributed by atoms with van der Waals surface area (Å²) in [5.41, 5.74) is 3.46. The number of carboxylic acid groups (broad SMARTS) is 1. The average molecular weight is 765 g/mol. The minimum absolute atomic E-state index is 0.0499. The van der Waals surface area contributed by atoms with Gasteiger partial charge >= 0.3 is 24.5 Å². The van der Waals surface area contributed by atoms with Crippen molar-refractivity contribution in [2.24, 2.45) is 0 Å². The summed E-state index contributed by atoms with van der Waals surface area (Å²) in [6, 6.07) is 11.8. The maximum Gasteiger partial charge on any atom is 0.586 e. The number of rotatable bonds is 8. The summed E-state index contributed by atoms with van der Waals surface area (Å²) >= 11 is 0. The lowest BCUT2D eigenvalue weighted by atomic mass is 10.2. The molecule has 6 aromatic rings. The SMILES string of the molecule is COC(=O)c1cn(-c2cc(Nc3ccc4c(c3)OC(F)(F)O4)ncc2C)nn1.Cc1cnc(Nc2ccc3c(c2)OC(F)(F)O3)cc1-n1cc(C(=O)O)nn1. The van der Waals surface area contributed by atoms with Gasteiger partial charge in [-0.25, -0.2) is 28.9 Å². The average Bonchev–Trinajstić information content (AvgIpc) is 3.93. The molecule has 18 nitrogen and oxygen atoms in total. The van der Waals surface area contributed by atoms with Gasteiger partial charge in [0.2, 0.25) is 0 Å². The first-order valence-corrected chi connectivity index (χ1v) is 15.6. The predicted molar refractivity (Wildman–Crippen MR) is 178 cm³/mol. The molecule has 2 aromatic carbocycles. The van der Waals surface area contributed by atoms with E-state index in [0.717, 1.165) is 11.1 Å². The van der Waals surface area contributed by atoms with Gasteiger partial charge in [-0.3, -0.25) is 0 Å². The van der Waals surface area contributed by atoms with Gasteiger partial charge in [0.1, 0.15) is 11.6 Å². The predicted octanol–water partition coefficient (Wildman–Crippen LogP) is 5.56. The molecule has 2 aliphatic rings. The fraction of sp³-hybridized carbons (Fsp3) is 0.152. The number of esters is 1. The number of hydrogen-bond donors (Lipinski definition) is 3. The van der Waals surface area contributed by atoms with Crippen LogP contribution in [0.5, 0.6) is 23.0 Å². The van der Waals surface area contributed by atoms with E-state index in [-0.39, 0.29) is 34.4 Å². The largest absolute Gasteiger partial charge is 0.586 e. The van der Waals surface area contributed by atoms with Gasteiger partial charge < -0.3 is 39.4 Å². The van der Waals surface area contributed by atoms with Gasteiger partial charge in [0.25, 0.3) is 0 Å². The molecule has 0 saturated heterocycles. The first kappa shape index (κ1) is 35.9. The van der Waals surface area contributed by atoms with Crippen molar-refractivity contribution in [1.82, 2.24) is 40.0 Å². The summed E-state index contributed by atoms with van der Waals surface area (Å²) in [7, 11) is 1.25. The summed E-state index contributed by atoms with van der Waals surface area (Å²) in [5.74, 6) is -1.29. The number of nitrogens with zero attached hydrogens (tertiary/aromatic N) is 8. The summed E-state index contributed by atoms with van der Waals surface area (Å²) < 4.78 is 77.4. The number of aryl methyl sites for hydroxylation is 2. The van der Waals surface area contributed by atoms with Crippen molar-refractivity contribution in [2.75, 3.05) is 17.7 Å². The van der Waals surface area contributed by atoms with Crippen molar-refractivity contribution in [2.45, 2.75) is 26.4 Å². The van der Waals surface area contributed by atoms with E-state index in [1.807, 2.05) is 6.92 Å². The van der Waals surface area contributed by atoms with Crippen LogP contribution in [0.2, 0.25) is 0 Å². The lowest BCUT2D eigenvalue weighted by Crippen LogP contribution is -2.25. The van der Waals surface area contributed by atoms with E-state index in [1.165, 1.54) is 59.2 Å². The van der Waals surface area contributed by atoms with Crippen LogP contribution < -0.4 is 29.6 Å². The minimum atomic E-state index is -3.69. The molecule has 8 rings (SSSR count). The zero-order valence-corrected chi connectivity index (χ0v) is 28.3. The highest BCUT2D eigenvalue weighted by atomic mass is 19.3. The summed E-state index contributed by atoms with van der Waals surface area (Å²) in [5, 5.41) is 30.0. The standard InChI is InChI=1S/C17H13F2N5O4.C16H11F2N5O4/c1-9-7-20-15(6-12(9)24-8-11(22-23-24)16(25)26-2)21-10-3-4-13-14(5-10)28-17(18,19)27-13;1-8-6-19-14(5-11(8)23-7-10(15(24)25)21-22-23)20-9-2-3-12-13(4-9)27-16(17,18)26-12/h3-8H,1-2H3,(H,20,21);2-7H,1H3,(H,19,20)(H,24,25). The molecule has 0 radical (unpaired) electrons. The van der Waals surface area contributed by atoms with Crippen molar-refractivity contribution in [3.05, 3.63) is 95.8 Å². The van der Waals surface area contributed by atoms with Crippen molar-refractivity contribution in [3.8, 4) is 34.4 Å². The van der Waals surface area contributed by atoms with Gasteiger partial charge in [-0.05, 0) is 49.2 Å². The number of aromatic nitrogens is 8. The van der Waals surface area contributed by atoms with E-state index >= 15 is 0 Å². The maximum absolute atomic E-state index is 13.1. The molecular weight excluding hydrogens is 740 g/mol. The molecule has 0 unspecified atom stereocenters. The van der Waals surface area contributed by atoms with E-state index in [9.17, 15) is 27.2 Å².